The number of benzene rings is 3. The number of amides is 1. The van der Waals surface area contributed by atoms with E-state index in [1.807, 2.05) is 24.3 Å². The normalized spacial score (nSPS) is 11.2. The predicted molar refractivity (Wildman–Crippen MR) is 141 cm³/mol. The molecule has 0 radical (unpaired) electrons. The molecule has 0 spiro atoms. The lowest BCUT2D eigenvalue weighted by Crippen LogP contribution is -2.19. The standard InChI is InChI=1S/C27H18ClFN4O3S/c28-24-19-9-3-6-12-23(19)37-25(24)27(35)36-22-11-5-2-7-17(22)15-30-31-26(34)21-13-14-33(32-21)16-18-8-1-4-10-20(18)29/h1-15H,16H2,(H,31,34)/b30-15+. The fourth-order valence-corrected chi connectivity index (χ4v) is 4.95. The van der Waals surface area contributed by atoms with Gasteiger partial charge in [0.05, 0.1) is 17.8 Å². The van der Waals surface area contributed by atoms with Crippen LogP contribution in [0.2, 0.25) is 5.02 Å². The van der Waals surface area contributed by atoms with E-state index in [0.717, 1.165) is 10.1 Å². The van der Waals surface area contributed by atoms with Crippen LogP contribution < -0.4 is 10.2 Å². The van der Waals surface area contributed by atoms with Crippen molar-refractivity contribution >= 4 is 51.1 Å². The zero-order valence-electron chi connectivity index (χ0n) is 19.1. The maximum absolute atomic E-state index is 13.9. The van der Waals surface area contributed by atoms with E-state index in [4.69, 9.17) is 16.3 Å². The van der Waals surface area contributed by atoms with Crippen LogP contribution in [0.1, 0.15) is 31.3 Å². The van der Waals surface area contributed by atoms with Crippen LogP contribution in [0.5, 0.6) is 5.75 Å². The van der Waals surface area contributed by atoms with Crippen LogP contribution in [0, 0.1) is 5.82 Å². The van der Waals surface area contributed by atoms with Gasteiger partial charge in [0.25, 0.3) is 5.91 Å². The Morgan fingerprint density at radius 1 is 1.05 bits per heavy atom. The summed E-state index contributed by atoms with van der Waals surface area (Å²) in [6.07, 6.45) is 2.95. The highest BCUT2D eigenvalue weighted by atomic mass is 35.5. The molecular formula is C27H18ClFN4O3S. The van der Waals surface area contributed by atoms with Crippen molar-refractivity contribution in [1.29, 1.82) is 0 Å². The molecule has 0 aliphatic carbocycles. The minimum Gasteiger partial charge on any atom is -0.422 e. The first-order chi connectivity index (χ1) is 18.0. The second-order valence-electron chi connectivity index (χ2n) is 7.86. The Bertz CT molecular complexity index is 1650. The molecule has 184 valence electrons. The highest BCUT2D eigenvalue weighted by Gasteiger charge is 2.20. The molecule has 2 heterocycles. The number of hydrogen-bond donors (Lipinski definition) is 1. The molecular weight excluding hydrogens is 515 g/mol. The number of thiophene rings is 1. The number of esters is 1. The van der Waals surface area contributed by atoms with Gasteiger partial charge in [0.1, 0.15) is 16.4 Å². The van der Waals surface area contributed by atoms with Gasteiger partial charge in [-0.3, -0.25) is 9.48 Å². The van der Waals surface area contributed by atoms with Crippen molar-refractivity contribution in [3.63, 3.8) is 0 Å². The van der Waals surface area contributed by atoms with E-state index in [0.29, 0.717) is 21.0 Å². The lowest BCUT2D eigenvalue weighted by Gasteiger charge is -2.06. The van der Waals surface area contributed by atoms with E-state index in [-0.39, 0.29) is 23.8 Å². The monoisotopic (exact) mass is 532 g/mol. The van der Waals surface area contributed by atoms with E-state index in [2.05, 4.69) is 15.6 Å². The van der Waals surface area contributed by atoms with Gasteiger partial charge >= 0.3 is 5.97 Å². The number of carbonyl (C=O) groups excluding carboxylic acids is 2. The molecule has 0 atom stereocenters. The van der Waals surface area contributed by atoms with E-state index < -0.39 is 11.9 Å². The number of nitrogens with one attached hydrogen (secondary N) is 1. The Labute approximate surface area is 219 Å². The summed E-state index contributed by atoms with van der Waals surface area (Å²) in [5, 5.41) is 9.27. The van der Waals surface area contributed by atoms with Crippen molar-refractivity contribution in [1.82, 2.24) is 15.2 Å². The Morgan fingerprint density at radius 3 is 2.65 bits per heavy atom. The van der Waals surface area contributed by atoms with Crippen molar-refractivity contribution in [2.24, 2.45) is 5.10 Å². The molecule has 0 saturated heterocycles. The summed E-state index contributed by atoms with van der Waals surface area (Å²) >= 11 is 7.65. The SMILES string of the molecule is O=C(N/N=C/c1ccccc1OC(=O)c1sc2ccccc2c1Cl)c1ccn(Cc2ccccc2F)n1. The molecule has 7 nitrogen and oxygen atoms in total. The molecule has 1 amide bonds. The number of hydrogen-bond acceptors (Lipinski definition) is 6. The Kier molecular flexibility index (Phi) is 7.07. The molecule has 0 fully saturated rings. The van der Waals surface area contributed by atoms with E-state index >= 15 is 0 Å². The quantitative estimate of drug-likeness (QED) is 0.122. The second-order valence-corrected chi connectivity index (χ2v) is 9.29. The fourth-order valence-electron chi connectivity index (χ4n) is 3.56. The van der Waals surface area contributed by atoms with Gasteiger partial charge in [0, 0.05) is 27.4 Å². The Morgan fingerprint density at radius 2 is 1.81 bits per heavy atom. The molecule has 1 N–H and O–H groups in total. The minimum absolute atomic E-state index is 0.118. The highest BCUT2D eigenvalue weighted by Crippen LogP contribution is 2.36. The molecule has 5 rings (SSSR count). The van der Waals surface area contributed by atoms with Crippen molar-refractivity contribution in [3.05, 3.63) is 118 Å². The molecule has 0 bridgehead atoms. The third-order valence-corrected chi connectivity index (χ3v) is 7.03. The van der Waals surface area contributed by atoms with E-state index in [1.165, 1.54) is 34.4 Å². The van der Waals surface area contributed by atoms with Crippen molar-refractivity contribution in [2.45, 2.75) is 6.54 Å². The molecule has 0 aliphatic heterocycles. The third-order valence-electron chi connectivity index (χ3n) is 5.38. The highest BCUT2D eigenvalue weighted by molar-refractivity contribution is 7.21. The molecule has 0 aliphatic rings. The van der Waals surface area contributed by atoms with Gasteiger partial charge in [-0.2, -0.15) is 10.2 Å². The predicted octanol–water partition coefficient (Wildman–Crippen LogP) is 5.92. The summed E-state index contributed by atoms with van der Waals surface area (Å²) in [5.41, 5.74) is 3.44. The van der Waals surface area contributed by atoms with Gasteiger partial charge < -0.3 is 4.74 Å². The number of rotatable bonds is 7. The average molecular weight is 533 g/mol. The smallest absolute Gasteiger partial charge is 0.355 e. The lowest BCUT2D eigenvalue weighted by molar-refractivity contribution is 0.0739. The number of ether oxygens (including phenoxy) is 1. The van der Waals surface area contributed by atoms with Crippen molar-refractivity contribution in [3.8, 4) is 5.75 Å². The Balaban J connectivity index is 1.25. The van der Waals surface area contributed by atoms with Crippen LogP contribution in [0.15, 0.2) is 90.2 Å². The molecule has 5 aromatic rings. The zero-order valence-corrected chi connectivity index (χ0v) is 20.7. The van der Waals surface area contributed by atoms with E-state index in [9.17, 15) is 14.0 Å². The summed E-state index contributed by atoms with van der Waals surface area (Å²) in [6, 6.07) is 22.1. The first-order valence-corrected chi connectivity index (χ1v) is 12.3. The molecule has 2 aromatic heterocycles. The summed E-state index contributed by atoms with van der Waals surface area (Å²) in [4.78, 5) is 25.6. The summed E-state index contributed by atoms with van der Waals surface area (Å²) in [5.74, 6) is -1.22. The fraction of sp³-hybridized carbons (Fsp3) is 0.0370. The minimum atomic E-state index is -0.587. The number of fused-ring (bicyclic) bond motifs is 1. The first kappa shape index (κ1) is 24.4. The van der Waals surface area contributed by atoms with Gasteiger partial charge in [-0.05, 0) is 30.3 Å². The first-order valence-electron chi connectivity index (χ1n) is 11.1. The number of para-hydroxylation sites is 1. The van der Waals surface area contributed by atoms with Crippen molar-refractivity contribution < 1.29 is 18.7 Å². The summed E-state index contributed by atoms with van der Waals surface area (Å²) in [7, 11) is 0. The molecule has 0 unspecified atom stereocenters. The molecule has 0 saturated carbocycles. The van der Waals surface area contributed by atoms with Gasteiger partial charge in [0.15, 0.2) is 5.69 Å². The van der Waals surface area contributed by atoms with Gasteiger partial charge in [-0.1, -0.05) is 60.1 Å². The average Bonchev–Trinajstić information content (AvgIpc) is 3.51. The number of aromatic nitrogens is 2. The number of nitrogens with zero attached hydrogens (tertiary/aromatic N) is 3. The van der Waals surface area contributed by atoms with Gasteiger partial charge in [-0.25, -0.2) is 14.6 Å². The number of carbonyl (C=O) groups is 2. The van der Waals surface area contributed by atoms with Crippen LogP contribution >= 0.6 is 22.9 Å². The Hall–Kier alpha value is -4.34. The molecule has 37 heavy (non-hydrogen) atoms. The maximum Gasteiger partial charge on any atom is 0.355 e. The van der Waals surface area contributed by atoms with Crippen LogP contribution in [0.3, 0.4) is 0 Å². The summed E-state index contributed by atoms with van der Waals surface area (Å²) < 4.78 is 21.8. The maximum atomic E-state index is 13.9. The lowest BCUT2D eigenvalue weighted by atomic mass is 10.2. The van der Waals surface area contributed by atoms with Crippen LogP contribution in [0.25, 0.3) is 10.1 Å². The van der Waals surface area contributed by atoms with Crippen LogP contribution in [0.4, 0.5) is 4.39 Å². The van der Waals surface area contributed by atoms with Gasteiger partial charge in [0.2, 0.25) is 0 Å². The molecule has 10 heteroatoms. The summed E-state index contributed by atoms with van der Waals surface area (Å²) in [6.45, 7) is 0.186. The topological polar surface area (TPSA) is 85.6 Å². The van der Waals surface area contributed by atoms with Crippen molar-refractivity contribution in [2.75, 3.05) is 0 Å². The third kappa shape index (κ3) is 5.42. The van der Waals surface area contributed by atoms with Crippen LogP contribution in [-0.4, -0.2) is 27.9 Å². The second kappa shape index (κ2) is 10.7. The largest absolute Gasteiger partial charge is 0.422 e. The molecule has 3 aromatic carbocycles. The van der Waals surface area contributed by atoms with E-state index in [1.54, 1.807) is 48.7 Å². The van der Waals surface area contributed by atoms with Crippen LogP contribution in [-0.2, 0) is 6.54 Å². The number of hydrazone groups is 1. The zero-order chi connectivity index (χ0) is 25.8. The van der Waals surface area contributed by atoms with Gasteiger partial charge in [-0.15, -0.1) is 11.3 Å². The number of halogens is 2.